The van der Waals surface area contributed by atoms with Crippen molar-refractivity contribution in [3.8, 4) is 11.1 Å². The molecule has 0 aliphatic heterocycles. The smallest absolute Gasteiger partial charge is 0.167 e. The number of imidazole rings is 1. The van der Waals surface area contributed by atoms with Gasteiger partial charge in [0, 0.05) is 25.2 Å². The van der Waals surface area contributed by atoms with Gasteiger partial charge in [0.15, 0.2) is 5.16 Å². The second-order valence-electron chi connectivity index (χ2n) is 5.14. The lowest BCUT2D eigenvalue weighted by Crippen LogP contribution is -2.01. The van der Waals surface area contributed by atoms with E-state index in [4.69, 9.17) is 0 Å². The van der Waals surface area contributed by atoms with Gasteiger partial charge in [-0.2, -0.15) is 0 Å². The first-order valence-electron chi connectivity index (χ1n) is 7.17. The third kappa shape index (κ3) is 3.40. The fourth-order valence-electron chi connectivity index (χ4n) is 2.27. The standard InChI is InChI=1S/C18H18N2OS/c1-20-12-11-19-18(20)22-13-17(21)16-9-7-15(8-10-16)14-5-3-2-4-6-14/h2-12,17,21H,13H2,1H3/t17-/m0/s1. The van der Waals surface area contributed by atoms with Gasteiger partial charge in [0.1, 0.15) is 0 Å². The van der Waals surface area contributed by atoms with Crippen molar-refractivity contribution in [1.29, 1.82) is 0 Å². The Morgan fingerprint density at radius 1 is 1.05 bits per heavy atom. The summed E-state index contributed by atoms with van der Waals surface area (Å²) in [6.07, 6.45) is 3.18. The maximum Gasteiger partial charge on any atom is 0.167 e. The van der Waals surface area contributed by atoms with Crippen LogP contribution in [0.3, 0.4) is 0 Å². The number of aliphatic hydroxyl groups is 1. The van der Waals surface area contributed by atoms with Gasteiger partial charge in [-0.3, -0.25) is 0 Å². The summed E-state index contributed by atoms with van der Waals surface area (Å²) < 4.78 is 1.95. The minimum atomic E-state index is -0.494. The largest absolute Gasteiger partial charge is 0.388 e. The van der Waals surface area contributed by atoms with Crippen LogP contribution >= 0.6 is 11.8 Å². The Bertz CT molecular complexity index is 722. The lowest BCUT2D eigenvalue weighted by molar-refractivity contribution is 0.204. The lowest BCUT2D eigenvalue weighted by atomic mass is 10.0. The monoisotopic (exact) mass is 310 g/mol. The minimum absolute atomic E-state index is 0.494. The summed E-state index contributed by atoms with van der Waals surface area (Å²) in [6.45, 7) is 0. The molecule has 1 aromatic heterocycles. The zero-order valence-electron chi connectivity index (χ0n) is 12.4. The molecule has 1 heterocycles. The Labute approximate surface area is 134 Å². The molecule has 0 saturated heterocycles. The van der Waals surface area contributed by atoms with E-state index in [1.165, 1.54) is 5.56 Å². The summed E-state index contributed by atoms with van der Waals surface area (Å²) in [5.74, 6) is 0.593. The molecule has 22 heavy (non-hydrogen) atoms. The zero-order valence-corrected chi connectivity index (χ0v) is 13.2. The quantitative estimate of drug-likeness (QED) is 0.726. The summed E-state index contributed by atoms with van der Waals surface area (Å²) in [4.78, 5) is 4.25. The molecule has 3 aromatic rings. The second kappa shape index (κ2) is 6.81. The van der Waals surface area contributed by atoms with Crippen molar-refractivity contribution in [3.05, 3.63) is 72.6 Å². The molecule has 4 heteroatoms. The Morgan fingerprint density at radius 2 is 1.73 bits per heavy atom. The number of hydrogen-bond acceptors (Lipinski definition) is 3. The van der Waals surface area contributed by atoms with Crippen LogP contribution in [0.15, 0.2) is 72.1 Å². The van der Waals surface area contributed by atoms with Crippen LogP contribution in [-0.4, -0.2) is 20.4 Å². The maximum atomic E-state index is 10.3. The Kier molecular flexibility index (Phi) is 4.61. The van der Waals surface area contributed by atoms with E-state index in [1.807, 2.05) is 48.1 Å². The highest BCUT2D eigenvalue weighted by molar-refractivity contribution is 7.99. The first-order valence-corrected chi connectivity index (χ1v) is 8.16. The molecule has 3 rings (SSSR count). The third-order valence-corrected chi connectivity index (χ3v) is 4.68. The van der Waals surface area contributed by atoms with E-state index in [9.17, 15) is 5.11 Å². The molecule has 2 aromatic carbocycles. The number of nitrogens with zero attached hydrogens (tertiary/aromatic N) is 2. The Balaban J connectivity index is 1.66. The van der Waals surface area contributed by atoms with Crippen molar-refractivity contribution < 1.29 is 5.11 Å². The number of benzene rings is 2. The Hall–Kier alpha value is -2.04. The fraction of sp³-hybridized carbons (Fsp3) is 0.167. The van der Waals surface area contributed by atoms with Gasteiger partial charge in [-0.15, -0.1) is 0 Å². The molecule has 0 spiro atoms. The SMILES string of the molecule is Cn1ccnc1SC[C@H](O)c1ccc(-c2ccccc2)cc1. The number of aryl methyl sites for hydroxylation is 1. The summed E-state index contributed by atoms with van der Waals surface area (Å²) in [6, 6.07) is 18.3. The third-order valence-electron chi connectivity index (χ3n) is 3.55. The van der Waals surface area contributed by atoms with Crippen LogP contribution < -0.4 is 0 Å². The molecule has 0 bridgehead atoms. The van der Waals surface area contributed by atoms with Gasteiger partial charge in [0.05, 0.1) is 6.10 Å². The van der Waals surface area contributed by atoms with Gasteiger partial charge in [-0.1, -0.05) is 66.4 Å². The van der Waals surface area contributed by atoms with Gasteiger partial charge in [0.25, 0.3) is 0 Å². The van der Waals surface area contributed by atoms with Crippen LogP contribution in [0.1, 0.15) is 11.7 Å². The molecular weight excluding hydrogens is 292 g/mol. The average Bonchev–Trinajstić information content (AvgIpc) is 2.99. The van der Waals surface area contributed by atoms with E-state index in [-0.39, 0.29) is 0 Å². The minimum Gasteiger partial charge on any atom is -0.388 e. The normalized spacial score (nSPS) is 12.3. The van der Waals surface area contributed by atoms with Gasteiger partial charge in [0.2, 0.25) is 0 Å². The highest BCUT2D eigenvalue weighted by Crippen LogP contribution is 2.25. The molecule has 3 nitrogen and oxygen atoms in total. The summed E-state index contributed by atoms with van der Waals surface area (Å²) in [5.41, 5.74) is 3.28. The molecule has 1 atom stereocenters. The van der Waals surface area contributed by atoms with Gasteiger partial charge >= 0.3 is 0 Å². The van der Waals surface area contributed by atoms with E-state index < -0.39 is 6.10 Å². The summed E-state index contributed by atoms with van der Waals surface area (Å²) in [5, 5.41) is 11.2. The number of rotatable bonds is 5. The van der Waals surface area contributed by atoms with Crippen molar-refractivity contribution in [2.24, 2.45) is 7.05 Å². The number of thioether (sulfide) groups is 1. The van der Waals surface area contributed by atoms with Crippen LogP contribution in [-0.2, 0) is 7.05 Å². The molecule has 112 valence electrons. The van der Waals surface area contributed by atoms with Gasteiger partial charge < -0.3 is 9.67 Å². The van der Waals surface area contributed by atoms with Crippen LogP contribution in [0.2, 0.25) is 0 Å². The number of aromatic nitrogens is 2. The van der Waals surface area contributed by atoms with Crippen LogP contribution in [0.4, 0.5) is 0 Å². The van der Waals surface area contributed by atoms with E-state index in [0.717, 1.165) is 16.3 Å². The van der Waals surface area contributed by atoms with E-state index in [0.29, 0.717) is 5.75 Å². The Morgan fingerprint density at radius 3 is 2.36 bits per heavy atom. The molecule has 0 radical (unpaired) electrons. The molecule has 0 fully saturated rings. The van der Waals surface area contributed by atoms with Gasteiger partial charge in [-0.25, -0.2) is 4.98 Å². The first kappa shape index (κ1) is 14.9. The van der Waals surface area contributed by atoms with Gasteiger partial charge in [-0.05, 0) is 16.7 Å². The molecule has 0 amide bonds. The van der Waals surface area contributed by atoms with Crippen molar-refractivity contribution in [2.45, 2.75) is 11.3 Å². The summed E-state index contributed by atoms with van der Waals surface area (Å²) >= 11 is 1.56. The van der Waals surface area contributed by atoms with Crippen molar-refractivity contribution in [2.75, 3.05) is 5.75 Å². The van der Waals surface area contributed by atoms with Crippen LogP contribution in [0.5, 0.6) is 0 Å². The van der Waals surface area contributed by atoms with E-state index in [1.54, 1.807) is 18.0 Å². The van der Waals surface area contributed by atoms with Crippen molar-refractivity contribution in [1.82, 2.24) is 9.55 Å². The number of hydrogen-bond donors (Lipinski definition) is 1. The lowest BCUT2D eigenvalue weighted by Gasteiger charge is -2.11. The predicted molar refractivity (Wildman–Crippen MR) is 90.8 cm³/mol. The topological polar surface area (TPSA) is 38.0 Å². The highest BCUT2D eigenvalue weighted by Gasteiger charge is 2.10. The molecule has 0 aliphatic carbocycles. The average molecular weight is 310 g/mol. The molecule has 0 aliphatic rings. The predicted octanol–water partition coefficient (Wildman–Crippen LogP) is 3.91. The van der Waals surface area contributed by atoms with Crippen molar-refractivity contribution >= 4 is 11.8 Å². The molecule has 0 unspecified atom stereocenters. The zero-order chi connectivity index (χ0) is 15.4. The summed E-state index contributed by atoms with van der Waals surface area (Å²) in [7, 11) is 1.95. The molecular formula is C18H18N2OS. The fourth-order valence-corrected chi connectivity index (χ4v) is 3.17. The van der Waals surface area contributed by atoms with Crippen molar-refractivity contribution in [3.63, 3.8) is 0 Å². The maximum absolute atomic E-state index is 10.3. The number of aliphatic hydroxyl groups excluding tert-OH is 1. The van der Waals surface area contributed by atoms with E-state index in [2.05, 4.69) is 29.2 Å². The highest BCUT2D eigenvalue weighted by atomic mass is 32.2. The van der Waals surface area contributed by atoms with E-state index >= 15 is 0 Å². The van der Waals surface area contributed by atoms with Crippen LogP contribution in [0, 0.1) is 0 Å². The first-order chi connectivity index (χ1) is 10.7. The molecule has 0 saturated carbocycles. The molecule has 1 N–H and O–H groups in total. The van der Waals surface area contributed by atoms with Crippen LogP contribution in [0.25, 0.3) is 11.1 Å². The second-order valence-corrected chi connectivity index (χ2v) is 6.12.